The first-order valence-electron chi connectivity index (χ1n) is 7.08. The van der Waals surface area contributed by atoms with Crippen LogP contribution in [-0.4, -0.2) is 41.1 Å². The predicted octanol–water partition coefficient (Wildman–Crippen LogP) is 2.33. The summed E-state index contributed by atoms with van der Waals surface area (Å²) in [7, 11) is 0. The summed E-state index contributed by atoms with van der Waals surface area (Å²) >= 11 is 0. The maximum Gasteiger partial charge on any atom is 0.238 e. The lowest BCUT2D eigenvalue weighted by atomic mass is 10.1. The molecule has 0 fully saturated rings. The first-order chi connectivity index (χ1) is 9.29. The van der Waals surface area contributed by atoms with E-state index in [2.05, 4.69) is 5.32 Å². The van der Waals surface area contributed by atoms with E-state index in [4.69, 9.17) is 0 Å². The minimum Gasteiger partial charge on any atom is -0.392 e. The summed E-state index contributed by atoms with van der Waals surface area (Å²) < 4.78 is 0. The lowest BCUT2D eigenvalue weighted by Gasteiger charge is -2.27. The molecule has 1 rings (SSSR count). The normalized spacial score (nSPS) is 12.8. The SMILES string of the molecule is Cc1ccc(NC(=O)CN(CC(C)O)C(C)C)c(C)c1. The van der Waals surface area contributed by atoms with Crippen LogP contribution in [0.4, 0.5) is 5.69 Å². The summed E-state index contributed by atoms with van der Waals surface area (Å²) in [5.74, 6) is -0.0497. The number of anilines is 1. The van der Waals surface area contributed by atoms with Gasteiger partial charge in [-0.25, -0.2) is 0 Å². The highest BCUT2D eigenvalue weighted by Crippen LogP contribution is 2.16. The van der Waals surface area contributed by atoms with Crippen molar-refractivity contribution >= 4 is 11.6 Å². The second kappa shape index (κ2) is 7.41. The van der Waals surface area contributed by atoms with E-state index in [0.29, 0.717) is 6.54 Å². The Morgan fingerprint density at radius 2 is 1.95 bits per heavy atom. The van der Waals surface area contributed by atoms with Crippen LogP contribution < -0.4 is 5.32 Å². The quantitative estimate of drug-likeness (QED) is 0.839. The molecule has 2 N–H and O–H groups in total. The van der Waals surface area contributed by atoms with Crippen LogP contribution in [0, 0.1) is 13.8 Å². The van der Waals surface area contributed by atoms with Crippen LogP contribution >= 0.6 is 0 Å². The number of carbonyl (C=O) groups is 1. The molecule has 0 saturated heterocycles. The molecule has 1 unspecified atom stereocenters. The van der Waals surface area contributed by atoms with Crippen LogP contribution in [0.3, 0.4) is 0 Å². The standard InChI is InChI=1S/C16H26N2O2/c1-11(2)18(9-14(5)19)10-16(20)17-15-7-6-12(3)8-13(15)4/h6-8,11,14,19H,9-10H2,1-5H3,(H,17,20). The number of nitrogens with one attached hydrogen (secondary N) is 1. The molecule has 4 heteroatoms. The Morgan fingerprint density at radius 3 is 2.45 bits per heavy atom. The zero-order valence-electron chi connectivity index (χ0n) is 13.1. The van der Waals surface area contributed by atoms with Crippen LogP contribution in [-0.2, 0) is 4.79 Å². The fraction of sp³-hybridized carbons (Fsp3) is 0.562. The molecular formula is C16H26N2O2. The van der Waals surface area contributed by atoms with Crippen molar-refractivity contribution in [3.63, 3.8) is 0 Å². The monoisotopic (exact) mass is 278 g/mol. The number of hydrogen-bond acceptors (Lipinski definition) is 3. The van der Waals surface area contributed by atoms with E-state index in [-0.39, 0.29) is 18.5 Å². The molecule has 0 aromatic heterocycles. The van der Waals surface area contributed by atoms with Crippen molar-refractivity contribution in [1.82, 2.24) is 4.90 Å². The summed E-state index contributed by atoms with van der Waals surface area (Å²) in [6.07, 6.45) is -0.439. The number of hydrogen-bond donors (Lipinski definition) is 2. The molecule has 1 atom stereocenters. The summed E-state index contributed by atoms with van der Waals surface area (Å²) in [6.45, 7) is 10.6. The van der Waals surface area contributed by atoms with Crippen molar-refractivity contribution in [1.29, 1.82) is 0 Å². The van der Waals surface area contributed by atoms with Crippen molar-refractivity contribution in [2.45, 2.75) is 46.8 Å². The number of rotatable bonds is 6. The lowest BCUT2D eigenvalue weighted by Crippen LogP contribution is -2.41. The summed E-state index contributed by atoms with van der Waals surface area (Å²) in [5.41, 5.74) is 3.09. The van der Waals surface area contributed by atoms with Gasteiger partial charge in [-0.15, -0.1) is 0 Å². The number of aryl methyl sites for hydroxylation is 2. The van der Waals surface area contributed by atoms with E-state index in [1.807, 2.05) is 50.8 Å². The van der Waals surface area contributed by atoms with E-state index in [0.717, 1.165) is 11.3 Å². The second-order valence-electron chi connectivity index (χ2n) is 5.74. The number of aliphatic hydroxyl groups is 1. The molecule has 1 aromatic rings. The van der Waals surface area contributed by atoms with Gasteiger partial charge in [0.1, 0.15) is 0 Å². The number of benzene rings is 1. The van der Waals surface area contributed by atoms with Crippen LogP contribution in [0.1, 0.15) is 31.9 Å². The molecule has 0 aliphatic heterocycles. The Labute approximate surface area is 121 Å². The van der Waals surface area contributed by atoms with Gasteiger partial charge in [-0.3, -0.25) is 9.69 Å². The molecule has 0 aliphatic rings. The molecule has 0 radical (unpaired) electrons. The number of carbonyl (C=O) groups excluding carboxylic acids is 1. The smallest absolute Gasteiger partial charge is 0.238 e. The van der Waals surface area contributed by atoms with Crippen molar-refractivity contribution in [2.75, 3.05) is 18.4 Å². The fourth-order valence-corrected chi connectivity index (χ4v) is 2.13. The average Bonchev–Trinajstić information content (AvgIpc) is 2.31. The number of nitrogens with zero attached hydrogens (tertiary/aromatic N) is 1. The van der Waals surface area contributed by atoms with E-state index >= 15 is 0 Å². The number of aliphatic hydroxyl groups excluding tert-OH is 1. The van der Waals surface area contributed by atoms with Crippen molar-refractivity contribution in [3.8, 4) is 0 Å². The number of amides is 1. The van der Waals surface area contributed by atoms with Gasteiger partial charge in [0.05, 0.1) is 12.6 Å². The molecule has 1 amide bonds. The maximum atomic E-state index is 12.1. The van der Waals surface area contributed by atoms with Gasteiger partial charge in [-0.2, -0.15) is 0 Å². The van der Waals surface area contributed by atoms with Gasteiger partial charge in [0, 0.05) is 18.3 Å². The molecule has 112 valence electrons. The minimum absolute atomic E-state index is 0.0497. The Balaban J connectivity index is 2.65. The van der Waals surface area contributed by atoms with Crippen LogP contribution in [0.2, 0.25) is 0 Å². The Hall–Kier alpha value is -1.39. The third-order valence-corrected chi connectivity index (χ3v) is 3.23. The highest BCUT2D eigenvalue weighted by molar-refractivity contribution is 5.93. The first-order valence-corrected chi connectivity index (χ1v) is 7.08. The first kappa shape index (κ1) is 16.7. The van der Waals surface area contributed by atoms with Gasteiger partial charge < -0.3 is 10.4 Å². The fourth-order valence-electron chi connectivity index (χ4n) is 2.13. The molecule has 20 heavy (non-hydrogen) atoms. The highest BCUT2D eigenvalue weighted by Gasteiger charge is 2.16. The van der Waals surface area contributed by atoms with Crippen molar-refractivity contribution in [3.05, 3.63) is 29.3 Å². The minimum atomic E-state index is -0.439. The van der Waals surface area contributed by atoms with Crippen LogP contribution in [0.5, 0.6) is 0 Å². The molecule has 0 spiro atoms. The Bertz CT molecular complexity index is 456. The van der Waals surface area contributed by atoms with Gasteiger partial charge >= 0.3 is 0 Å². The van der Waals surface area contributed by atoms with Gasteiger partial charge in [0.15, 0.2) is 0 Å². The van der Waals surface area contributed by atoms with Crippen LogP contribution in [0.25, 0.3) is 0 Å². The van der Waals surface area contributed by atoms with E-state index in [1.165, 1.54) is 5.56 Å². The van der Waals surface area contributed by atoms with Gasteiger partial charge in [-0.05, 0) is 46.2 Å². The zero-order valence-corrected chi connectivity index (χ0v) is 13.1. The molecule has 0 bridgehead atoms. The van der Waals surface area contributed by atoms with Crippen LogP contribution in [0.15, 0.2) is 18.2 Å². The van der Waals surface area contributed by atoms with Gasteiger partial charge in [-0.1, -0.05) is 17.7 Å². The van der Waals surface area contributed by atoms with E-state index in [9.17, 15) is 9.90 Å². The average molecular weight is 278 g/mol. The largest absolute Gasteiger partial charge is 0.392 e. The third kappa shape index (κ3) is 5.31. The Kier molecular flexibility index (Phi) is 6.17. The molecule has 1 aromatic carbocycles. The van der Waals surface area contributed by atoms with Crippen molar-refractivity contribution < 1.29 is 9.90 Å². The third-order valence-electron chi connectivity index (χ3n) is 3.23. The maximum absolute atomic E-state index is 12.1. The molecule has 0 saturated carbocycles. The highest BCUT2D eigenvalue weighted by atomic mass is 16.3. The van der Waals surface area contributed by atoms with Gasteiger partial charge in [0.2, 0.25) is 5.91 Å². The lowest BCUT2D eigenvalue weighted by molar-refractivity contribution is -0.118. The van der Waals surface area contributed by atoms with E-state index in [1.54, 1.807) is 6.92 Å². The summed E-state index contributed by atoms with van der Waals surface area (Å²) in [5, 5.41) is 12.4. The van der Waals surface area contributed by atoms with Crippen molar-refractivity contribution in [2.24, 2.45) is 0 Å². The Morgan fingerprint density at radius 1 is 1.30 bits per heavy atom. The van der Waals surface area contributed by atoms with E-state index < -0.39 is 6.10 Å². The zero-order chi connectivity index (χ0) is 15.3. The topological polar surface area (TPSA) is 52.6 Å². The summed E-state index contributed by atoms with van der Waals surface area (Å²) in [4.78, 5) is 14.1. The summed E-state index contributed by atoms with van der Waals surface area (Å²) in [6, 6.07) is 6.18. The molecule has 0 aliphatic carbocycles. The molecular weight excluding hydrogens is 252 g/mol. The predicted molar refractivity (Wildman–Crippen MR) is 82.9 cm³/mol. The molecule has 0 heterocycles. The molecule has 4 nitrogen and oxygen atoms in total. The van der Waals surface area contributed by atoms with Gasteiger partial charge in [0.25, 0.3) is 0 Å². The second-order valence-corrected chi connectivity index (χ2v) is 5.74.